The Morgan fingerprint density at radius 2 is 1.79 bits per heavy atom. The fraction of sp³-hybridized carbons (Fsp3) is 0.400. The fourth-order valence-corrected chi connectivity index (χ4v) is 2.02. The normalized spacial score (nSPS) is 11.6. The van der Waals surface area contributed by atoms with Gasteiger partial charge < -0.3 is 0 Å². The fourth-order valence-electron chi connectivity index (χ4n) is 1.20. The van der Waals surface area contributed by atoms with Gasteiger partial charge in [-0.2, -0.15) is 0 Å². The molecule has 0 spiro atoms. The Bertz CT molecular complexity index is 381. The van der Waals surface area contributed by atoms with Crippen molar-refractivity contribution in [2.24, 2.45) is 0 Å². The second-order valence-electron chi connectivity index (χ2n) is 3.33. The molecule has 0 amide bonds. The Morgan fingerprint density at radius 1 is 1.21 bits per heavy atom. The van der Waals surface area contributed by atoms with Crippen LogP contribution < -0.4 is 0 Å². The van der Waals surface area contributed by atoms with Crippen LogP contribution in [0.5, 0.6) is 0 Å². The zero-order valence-electron chi connectivity index (χ0n) is 8.03. The summed E-state index contributed by atoms with van der Waals surface area (Å²) < 4.78 is 21.3. The number of hydrogen-bond donors (Lipinski definition) is 0. The molecule has 0 aliphatic heterocycles. The molecule has 0 aliphatic carbocycles. The van der Waals surface area contributed by atoms with E-state index in [4.69, 9.17) is 10.7 Å². The van der Waals surface area contributed by atoms with Crippen molar-refractivity contribution in [3.8, 4) is 0 Å². The summed E-state index contributed by atoms with van der Waals surface area (Å²) in [7, 11) is 1.77. The SMILES string of the molecule is Cc1ccc(CCCS(=O)(=O)Cl)cc1. The maximum absolute atomic E-state index is 10.6. The van der Waals surface area contributed by atoms with E-state index in [2.05, 4.69) is 0 Å². The van der Waals surface area contributed by atoms with Gasteiger partial charge in [0.2, 0.25) is 9.05 Å². The molecule has 0 bridgehead atoms. The molecule has 0 atom stereocenters. The first-order valence-electron chi connectivity index (χ1n) is 4.45. The number of hydrogen-bond acceptors (Lipinski definition) is 2. The maximum Gasteiger partial charge on any atom is 0.232 e. The van der Waals surface area contributed by atoms with E-state index in [-0.39, 0.29) is 5.75 Å². The summed E-state index contributed by atoms with van der Waals surface area (Å²) in [5, 5.41) is 0. The Kier molecular flexibility index (Phi) is 3.96. The van der Waals surface area contributed by atoms with Gasteiger partial charge in [0.15, 0.2) is 0 Å². The van der Waals surface area contributed by atoms with Gasteiger partial charge in [-0.25, -0.2) is 8.42 Å². The Morgan fingerprint density at radius 3 is 2.29 bits per heavy atom. The molecule has 0 fully saturated rings. The molecule has 0 unspecified atom stereocenters. The van der Waals surface area contributed by atoms with Crippen LogP contribution in [0.4, 0.5) is 0 Å². The van der Waals surface area contributed by atoms with E-state index >= 15 is 0 Å². The van der Waals surface area contributed by atoms with Crippen molar-refractivity contribution in [1.29, 1.82) is 0 Å². The van der Waals surface area contributed by atoms with Crippen molar-refractivity contribution in [2.45, 2.75) is 19.8 Å². The molecule has 1 aromatic carbocycles. The molecule has 78 valence electrons. The van der Waals surface area contributed by atoms with E-state index in [0.29, 0.717) is 6.42 Å². The van der Waals surface area contributed by atoms with Gasteiger partial charge in [-0.3, -0.25) is 0 Å². The van der Waals surface area contributed by atoms with Gasteiger partial charge in [-0.05, 0) is 25.3 Å². The highest BCUT2D eigenvalue weighted by Gasteiger charge is 2.04. The van der Waals surface area contributed by atoms with Crippen LogP contribution in [0.2, 0.25) is 0 Å². The lowest BCUT2D eigenvalue weighted by molar-refractivity contribution is 0.607. The van der Waals surface area contributed by atoms with E-state index in [1.54, 1.807) is 0 Å². The topological polar surface area (TPSA) is 34.1 Å². The lowest BCUT2D eigenvalue weighted by atomic mass is 10.1. The number of benzene rings is 1. The molecule has 0 heterocycles. The Labute approximate surface area is 89.3 Å². The minimum absolute atomic E-state index is 0.0441. The predicted octanol–water partition coefficient (Wildman–Crippen LogP) is 2.50. The molecule has 14 heavy (non-hydrogen) atoms. The molecule has 1 rings (SSSR count). The van der Waals surface area contributed by atoms with Crippen LogP contribution in [0.25, 0.3) is 0 Å². The van der Waals surface area contributed by atoms with Crippen molar-refractivity contribution in [2.75, 3.05) is 5.75 Å². The molecule has 1 aromatic rings. The summed E-state index contributed by atoms with van der Waals surface area (Å²) in [4.78, 5) is 0. The van der Waals surface area contributed by atoms with Crippen LogP contribution in [0.15, 0.2) is 24.3 Å². The Hall–Kier alpha value is -0.540. The molecular formula is C10H13ClO2S. The van der Waals surface area contributed by atoms with Crippen LogP contribution in [0, 0.1) is 6.92 Å². The summed E-state index contributed by atoms with van der Waals surface area (Å²) in [6.07, 6.45) is 1.33. The van der Waals surface area contributed by atoms with Gasteiger partial charge in [-0.1, -0.05) is 29.8 Å². The third kappa shape index (κ3) is 4.63. The first-order chi connectivity index (χ1) is 6.47. The van der Waals surface area contributed by atoms with Gasteiger partial charge >= 0.3 is 0 Å². The minimum Gasteiger partial charge on any atom is -0.212 e. The van der Waals surface area contributed by atoms with Crippen molar-refractivity contribution in [3.63, 3.8) is 0 Å². The van der Waals surface area contributed by atoms with Crippen LogP contribution >= 0.6 is 10.7 Å². The van der Waals surface area contributed by atoms with Gasteiger partial charge in [0.1, 0.15) is 0 Å². The number of halogens is 1. The van der Waals surface area contributed by atoms with Gasteiger partial charge in [0.25, 0.3) is 0 Å². The third-order valence-electron chi connectivity index (χ3n) is 1.97. The van der Waals surface area contributed by atoms with E-state index in [0.717, 1.165) is 12.0 Å². The lowest BCUT2D eigenvalue weighted by Crippen LogP contribution is -1.98. The van der Waals surface area contributed by atoms with Gasteiger partial charge in [-0.15, -0.1) is 0 Å². The second kappa shape index (κ2) is 4.80. The zero-order valence-corrected chi connectivity index (χ0v) is 9.61. The molecule has 0 saturated heterocycles. The molecule has 0 aromatic heterocycles. The molecule has 4 heteroatoms. The number of rotatable bonds is 4. The summed E-state index contributed by atoms with van der Waals surface area (Å²) in [6, 6.07) is 8.06. The highest BCUT2D eigenvalue weighted by Crippen LogP contribution is 2.08. The van der Waals surface area contributed by atoms with Crippen molar-refractivity contribution in [1.82, 2.24) is 0 Å². The standard InChI is InChI=1S/C10H13ClO2S/c1-9-4-6-10(7-5-9)3-2-8-14(11,12)13/h4-7H,2-3,8H2,1H3. The van der Waals surface area contributed by atoms with E-state index < -0.39 is 9.05 Å². The Balaban J connectivity index is 2.43. The quantitative estimate of drug-likeness (QED) is 0.748. The molecular weight excluding hydrogens is 220 g/mol. The maximum atomic E-state index is 10.6. The summed E-state index contributed by atoms with van der Waals surface area (Å²) in [5.41, 5.74) is 2.36. The first-order valence-corrected chi connectivity index (χ1v) is 6.93. The van der Waals surface area contributed by atoms with E-state index in [1.165, 1.54) is 5.56 Å². The molecule has 2 nitrogen and oxygen atoms in total. The average molecular weight is 233 g/mol. The average Bonchev–Trinajstić information content (AvgIpc) is 2.06. The van der Waals surface area contributed by atoms with Crippen LogP contribution in [-0.4, -0.2) is 14.2 Å². The minimum atomic E-state index is -3.33. The summed E-state index contributed by atoms with van der Waals surface area (Å²) in [6.45, 7) is 2.02. The predicted molar refractivity (Wildman–Crippen MR) is 59.1 cm³/mol. The monoisotopic (exact) mass is 232 g/mol. The lowest BCUT2D eigenvalue weighted by Gasteiger charge is -2.00. The van der Waals surface area contributed by atoms with Crippen molar-refractivity contribution in [3.05, 3.63) is 35.4 Å². The van der Waals surface area contributed by atoms with Crippen LogP contribution in [-0.2, 0) is 15.5 Å². The second-order valence-corrected chi connectivity index (χ2v) is 6.23. The molecule has 0 aliphatic rings. The van der Waals surface area contributed by atoms with Gasteiger partial charge in [0.05, 0.1) is 5.75 Å². The van der Waals surface area contributed by atoms with E-state index in [9.17, 15) is 8.42 Å². The van der Waals surface area contributed by atoms with Crippen molar-refractivity contribution >= 4 is 19.7 Å². The largest absolute Gasteiger partial charge is 0.232 e. The highest BCUT2D eigenvalue weighted by molar-refractivity contribution is 8.13. The molecule has 0 N–H and O–H groups in total. The summed E-state index contributed by atoms with van der Waals surface area (Å²) >= 11 is 0. The van der Waals surface area contributed by atoms with Gasteiger partial charge in [0, 0.05) is 10.7 Å². The molecule has 0 radical (unpaired) electrons. The highest BCUT2D eigenvalue weighted by atomic mass is 35.7. The number of aryl methyl sites for hydroxylation is 2. The summed E-state index contributed by atoms with van der Waals surface area (Å²) in [5.74, 6) is 0.0441. The third-order valence-corrected chi connectivity index (χ3v) is 3.21. The first kappa shape index (κ1) is 11.5. The smallest absolute Gasteiger partial charge is 0.212 e. The van der Waals surface area contributed by atoms with Crippen LogP contribution in [0.1, 0.15) is 17.5 Å². The van der Waals surface area contributed by atoms with Crippen LogP contribution in [0.3, 0.4) is 0 Å². The van der Waals surface area contributed by atoms with E-state index in [1.807, 2.05) is 31.2 Å². The van der Waals surface area contributed by atoms with Crippen molar-refractivity contribution < 1.29 is 8.42 Å². The zero-order chi connectivity index (χ0) is 10.6. The molecule has 0 saturated carbocycles.